The molecule has 6 atom stereocenters. The Kier molecular flexibility index (Phi) is 18.2. The standard InChI is InChI=1S/C3H6N6.C3H15NO18P6/c4-1-7-2(5)9-3(6)8-1;5-23(6)17-1(18-24(7)8)4(2(19-25(9)10)20-26(11)12)3(21-27(13)14)22-28(15)16/h(H6,4,5,6,7,8,9);1-3,23-28H,(H,5,6)(H,7,8)(H,9,10)(H,11,12)(H,13,14)(H,15,16). The minimum atomic E-state index is -4.10. The van der Waals surface area contributed by atoms with Gasteiger partial charge >= 0.3 is 49.5 Å². The van der Waals surface area contributed by atoms with E-state index in [1.165, 1.54) is 0 Å². The molecule has 0 bridgehead atoms. The van der Waals surface area contributed by atoms with Gasteiger partial charge in [-0.25, -0.2) is 0 Å². The third-order valence-corrected chi connectivity index (χ3v) is 5.05. The van der Waals surface area contributed by atoms with Crippen LogP contribution in [0, 0.1) is 0 Å². The summed E-state index contributed by atoms with van der Waals surface area (Å²) >= 11 is 0. The van der Waals surface area contributed by atoms with Crippen LogP contribution in [0.5, 0.6) is 0 Å². The van der Waals surface area contributed by atoms with E-state index >= 15 is 0 Å². The lowest BCUT2D eigenvalue weighted by atomic mass is 10.7. The van der Waals surface area contributed by atoms with Crippen LogP contribution >= 0.6 is 49.5 Å². The van der Waals surface area contributed by atoms with Crippen LogP contribution in [0.25, 0.3) is 0 Å². The van der Waals surface area contributed by atoms with E-state index in [1.54, 1.807) is 0 Å². The van der Waals surface area contributed by atoms with E-state index in [-0.39, 0.29) is 22.7 Å². The number of rotatable bonds is 15. The lowest BCUT2D eigenvalue weighted by Crippen LogP contribution is -2.52. The smallest absolute Gasteiger partial charge is 0.319 e. The van der Waals surface area contributed by atoms with Gasteiger partial charge < -0.3 is 46.6 Å². The average Bonchev–Trinajstić information content (AvgIpc) is 2.64. The monoisotopic (exact) mass is 665 g/mol. The van der Waals surface area contributed by atoms with E-state index in [0.29, 0.717) is 0 Å². The van der Waals surface area contributed by atoms with Gasteiger partial charge in [-0.05, 0) is 0 Å². The molecule has 0 aliphatic rings. The van der Waals surface area contributed by atoms with Crippen LogP contribution in [0.2, 0.25) is 0 Å². The quantitative estimate of drug-likeness (QED) is 0.0672. The summed E-state index contributed by atoms with van der Waals surface area (Å²) in [6.45, 7) is 0. The fourth-order valence-electron chi connectivity index (χ4n) is 1.68. The first-order valence-corrected chi connectivity index (χ1v) is 15.8. The molecule has 0 aromatic carbocycles. The second-order valence-electron chi connectivity index (χ2n) is 5.08. The first kappa shape index (κ1) is 36.3. The summed E-state index contributed by atoms with van der Waals surface area (Å²) in [5.41, 5.74) is 15.4. The van der Waals surface area contributed by atoms with Crippen LogP contribution in [0.15, 0.2) is 0 Å². The highest BCUT2D eigenvalue weighted by molar-refractivity contribution is 7.33. The topological polar surface area (TPSA) is 399 Å². The molecular weight excluding hydrogens is 644 g/mol. The van der Waals surface area contributed by atoms with Gasteiger partial charge in [-0.3, -0.25) is 54.5 Å². The van der Waals surface area contributed by atoms with Gasteiger partial charge in [0, 0.05) is 0 Å². The van der Waals surface area contributed by atoms with Gasteiger partial charge in [0.15, 0.2) is 0 Å². The number of aromatic nitrogens is 3. The van der Waals surface area contributed by atoms with E-state index in [4.69, 9.17) is 46.6 Å². The molecule has 1 rings (SSSR count). The van der Waals surface area contributed by atoms with E-state index in [9.17, 15) is 27.4 Å². The number of nitrogens with two attached hydrogens (primary N) is 3. The Morgan fingerprint density at radius 3 is 0.784 bits per heavy atom. The fourth-order valence-corrected chi connectivity index (χ4v) is 4.02. The number of nitrogens with zero attached hydrogens (tertiary/aromatic N) is 4. The Bertz CT molecular complexity index is 833. The van der Waals surface area contributed by atoms with Crippen molar-refractivity contribution in [3.8, 4) is 0 Å². The molecule has 0 fully saturated rings. The van der Waals surface area contributed by atoms with Crippen molar-refractivity contribution < 1.29 is 83.9 Å². The summed E-state index contributed by atoms with van der Waals surface area (Å²) in [4.78, 5) is 63.2. The molecule has 0 radical (unpaired) electrons. The number of hydrogen-bond acceptors (Lipinski definition) is 19. The summed E-state index contributed by atoms with van der Waals surface area (Å²) < 4.78 is 90.6. The Morgan fingerprint density at radius 2 is 0.649 bits per heavy atom. The summed E-state index contributed by atoms with van der Waals surface area (Å²) in [6.07, 6.45) is -8.23. The van der Waals surface area contributed by atoms with Crippen molar-refractivity contribution in [2.24, 2.45) is 0 Å². The molecule has 1 heterocycles. The van der Waals surface area contributed by atoms with Crippen molar-refractivity contribution in [3.63, 3.8) is 0 Å². The normalized spacial score (nSPS) is 18.9. The van der Waals surface area contributed by atoms with E-state index in [1.807, 2.05) is 0 Å². The van der Waals surface area contributed by atoms with Crippen molar-refractivity contribution in [2.75, 3.05) is 17.2 Å². The predicted octanol–water partition coefficient (Wildman–Crippen LogP) is -2.85. The molecule has 12 N–H and O–H groups in total. The first-order chi connectivity index (χ1) is 17.0. The van der Waals surface area contributed by atoms with Gasteiger partial charge in [0.25, 0.3) is 0 Å². The first-order valence-electron chi connectivity index (χ1n) is 8.19. The van der Waals surface area contributed by atoms with E-state index in [0.717, 1.165) is 0 Å². The molecule has 1 aromatic heterocycles. The Labute approximate surface area is 208 Å². The molecule has 0 aliphatic carbocycles. The lowest BCUT2D eigenvalue weighted by Gasteiger charge is -2.37. The fraction of sp³-hybridized carbons (Fsp3) is 0.500. The molecule has 31 heteroatoms. The molecule has 25 nitrogen and oxygen atoms in total. The number of nitrogen functional groups attached to an aromatic ring is 3. The average molecular weight is 665 g/mol. The van der Waals surface area contributed by atoms with Crippen molar-refractivity contribution in [2.45, 2.75) is 19.2 Å². The van der Waals surface area contributed by atoms with Gasteiger partial charge in [-0.2, -0.15) is 19.9 Å². The van der Waals surface area contributed by atoms with Crippen LogP contribution < -0.4 is 17.2 Å². The lowest BCUT2D eigenvalue weighted by molar-refractivity contribution is -0.304. The second-order valence-corrected chi connectivity index (χ2v) is 9.69. The summed E-state index contributed by atoms with van der Waals surface area (Å²) in [7, 11) is -24.6. The zero-order valence-corrected chi connectivity index (χ0v) is 23.3. The third-order valence-electron chi connectivity index (χ3n) is 2.63. The Balaban J connectivity index is 0.00000120. The van der Waals surface area contributed by atoms with Gasteiger partial charge in [-0.15, -0.1) is 0 Å². The zero-order valence-electron chi connectivity index (χ0n) is 17.3. The zero-order chi connectivity index (χ0) is 28.9. The van der Waals surface area contributed by atoms with Crippen LogP contribution in [-0.4, -0.2) is 68.5 Å². The van der Waals surface area contributed by atoms with Gasteiger partial charge in [0.1, 0.15) is 0 Å². The van der Waals surface area contributed by atoms with Gasteiger partial charge in [0.05, 0.1) is 0 Å². The Hall–Kier alpha value is -0.730. The molecule has 1 aromatic rings. The highest BCUT2D eigenvalue weighted by Crippen LogP contribution is 2.39. The predicted molar refractivity (Wildman–Crippen MR) is 120 cm³/mol. The SMILES string of the molecule is Nc1nc(N)nc(N)n1.O=[PH](O)OC(O[PH](=O)O)N(C(O[PH](=O)O)O[PH](=O)O)C(O[PH](=O)O)O[PH](=O)O. The highest BCUT2D eigenvalue weighted by Gasteiger charge is 2.42. The van der Waals surface area contributed by atoms with Crippen molar-refractivity contribution >= 4 is 67.4 Å². The number of anilines is 3. The highest BCUT2D eigenvalue weighted by atomic mass is 31.1. The molecule has 37 heavy (non-hydrogen) atoms. The third kappa shape index (κ3) is 17.5. The molecule has 6 unspecified atom stereocenters. The summed E-state index contributed by atoms with van der Waals surface area (Å²) in [5, 5.41) is 0. The molecule has 0 saturated carbocycles. The van der Waals surface area contributed by atoms with Crippen LogP contribution in [0.1, 0.15) is 0 Å². The molecule has 218 valence electrons. The molecule has 0 amide bonds. The minimum absolute atomic E-state index is 0.0417. The largest absolute Gasteiger partial charge is 0.368 e. The van der Waals surface area contributed by atoms with E-state index < -0.39 is 68.8 Å². The van der Waals surface area contributed by atoms with Crippen LogP contribution in [-0.2, 0) is 54.5 Å². The van der Waals surface area contributed by atoms with E-state index in [2.05, 4.69) is 42.1 Å². The molecule has 0 aliphatic heterocycles. The summed E-state index contributed by atoms with van der Waals surface area (Å²) in [6, 6.07) is 0. The van der Waals surface area contributed by atoms with Crippen LogP contribution in [0.3, 0.4) is 0 Å². The van der Waals surface area contributed by atoms with Gasteiger partial charge in [0.2, 0.25) is 37.1 Å². The van der Waals surface area contributed by atoms with Gasteiger partial charge in [-0.1, -0.05) is 0 Å². The van der Waals surface area contributed by atoms with Crippen molar-refractivity contribution in [1.29, 1.82) is 0 Å². The maximum absolute atomic E-state index is 10.9. The molecular formula is C6H21N7O18P6. The van der Waals surface area contributed by atoms with Crippen LogP contribution in [0.4, 0.5) is 17.8 Å². The van der Waals surface area contributed by atoms with Crippen molar-refractivity contribution in [1.82, 2.24) is 19.9 Å². The minimum Gasteiger partial charge on any atom is -0.368 e. The maximum atomic E-state index is 10.9. The molecule has 0 saturated heterocycles. The number of hydrogen-bond donors (Lipinski definition) is 9. The maximum Gasteiger partial charge on any atom is 0.319 e. The van der Waals surface area contributed by atoms with Crippen molar-refractivity contribution in [3.05, 3.63) is 0 Å². The molecule has 0 spiro atoms. The summed E-state index contributed by atoms with van der Waals surface area (Å²) in [5.74, 6) is 0.125. The Morgan fingerprint density at radius 1 is 0.486 bits per heavy atom. The second kappa shape index (κ2) is 18.5.